The van der Waals surface area contributed by atoms with Crippen molar-refractivity contribution in [2.45, 2.75) is 28.2 Å². The number of carbonyl (C=O) groups excluding carboxylic acids is 1. The highest BCUT2D eigenvalue weighted by Crippen LogP contribution is 2.58. The molecule has 1 heterocycles. The molecule has 0 fully saturated rings. The predicted octanol–water partition coefficient (Wildman–Crippen LogP) is 6.34. The van der Waals surface area contributed by atoms with Gasteiger partial charge in [-0.2, -0.15) is 0 Å². The smallest absolute Gasteiger partial charge is 0.258 e. The third kappa shape index (κ3) is 7.13. The molecule has 4 rings (SSSR count). The standard InChI is InChI=1S/C33H42N2O6S2/c1-34(18-16-23-20-28(38-4)31(40-6)29(21-23)39-5)17-10-11-19-41-27-15-14-24(37-3)22-25(27)33(42-7)32(36)35(2)26-12-8-9-13-30(26)43-33/h8-9,12-15,20-22H,10-11,16-19H2,1-7H3. The third-order valence-corrected chi connectivity index (χ3v) is 10.6. The van der Waals surface area contributed by atoms with E-state index in [1.807, 2.05) is 61.8 Å². The monoisotopic (exact) mass is 626 g/mol. The lowest BCUT2D eigenvalue weighted by Crippen LogP contribution is -2.44. The zero-order valence-electron chi connectivity index (χ0n) is 26.1. The second kappa shape index (κ2) is 15.0. The number of unbranched alkanes of at least 4 members (excludes halogenated alkanes) is 1. The summed E-state index contributed by atoms with van der Waals surface area (Å²) in [6.45, 7) is 2.39. The van der Waals surface area contributed by atoms with Crippen LogP contribution >= 0.6 is 23.5 Å². The van der Waals surface area contributed by atoms with Crippen LogP contribution < -0.4 is 28.6 Å². The summed E-state index contributed by atoms with van der Waals surface area (Å²) in [6, 6.07) is 17.8. The number of para-hydroxylation sites is 1. The Morgan fingerprint density at radius 3 is 2.26 bits per heavy atom. The summed E-state index contributed by atoms with van der Waals surface area (Å²) in [4.78, 5) is 19.0. The average molecular weight is 627 g/mol. The zero-order chi connectivity index (χ0) is 31.0. The van der Waals surface area contributed by atoms with Gasteiger partial charge in [-0.25, -0.2) is 0 Å². The lowest BCUT2D eigenvalue weighted by molar-refractivity contribution is -0.118. The molecule has 0 saturated heterocycles. The van der Waals surface area contributed by atoms with Crippen molar-refractivity contribution in [3.8, 4) is 28.7 Å². The largest absolute Gasteiger partial charge is 0.497 e. The highest BCUT2D eigenvalue weighted by Gasteiger charge is 2.49. The first kappa shape index (κ1) is 32.7. The summed E-state index contributed by atoms with van der Waals surface area (Å²) in [5, 5.41) is 0. The maximum atomic E-state index is 13.9. The van der Waals surface area contributed by atoms with Crippen molar-refractivity contribution in [2.75, 3.05) is 73.4 Å². The molecule has 1 aliphatic rings. The molecule has 43 heavy (non-hydrogen) atoms. The van der Waals surface area contributed by atoms with E-state index in [0.717, 1.165) is 54.1 Å². The van der Waals surface area contributed by atoms with Crippen LogP contribution in [0.25, 0.3) is 0 Å². The first-order valence-electron chi connectivity index (χ1n) is 14.2. The summed E-state index contributed by atoms with van der Waals surface area (Å²) in [6.07, 6.45) is 4.70. The van der Waals surface area contributed by atoms with Gasteiger partial charge in [-0.1, -0.05) is 23.9 Å². The van der Waals surface area contributed by atoms with Crippen LogP contribution in [-0.4, -0.2) is 79.3 Å². The second-order valence-electron chi connectivity index (χ2n) is 10.3. The molecule has 1 atom stereocenters. The number of nitrogens with zero attached hydrogens (tertiary/aromatic N) is 2. The van der Waals surface area contributed by atoms with E-state index < -0.39 is 4.08 Å². The average Bonchev–Trinajstić information content (AvgIpc) is 3.04. The van der Waals surface area contributed by atoms with E-state index in [0.29, 0.717) is 35.4 Å². The van der Waals surface area contributed by atoms with E-state index >= 15 is 0 Å². The van der Waals surface area contributed by atoms with Crippen LogP contribution in [0.4, 0.5) is 5.69 Å². The predicted molar refractivity (Wildman–Crippen MR) is 176 cm³/mol. The van der Waals surface area contributed by atoms with E-state index in [-0.39, 0.29) is 5.91 Å². The van der Waals surface area contributed by atoms with E-state index in [1.165, 1.54) is 11.8 Å². The molecule has 0 aromatic heterocycles. The number of likely N-dealkylation sites (N-methyl/N-ethyl adjacent to an activating group) is 2. The summed E-state index contributed by atoms with van der Waals surface area (Å²) in [5.74, 6) is 3.35. The van der Waals surface area contributed by atoms with Gasteiger partial charge in [0, 0.05) is 24.1 Å². The van der Waals surface area contributed by atoms with Crippen LogP contribution in [0, 0.1) is 0 Å². The molecule has 10 heteroatoms. The summed E-state index contributed by atoms with van der Waals surface area (Å²) >= 11 is 3.09. The Kier molecular flexibility index (Phi) is 11.4. The molecule has 8 nitrogen and oxygen atoms in total. The Bertz CT molecular complexity index is 1380. The van der Waals surface area contributed by atoms with Crippen LogP contribution in [0.5, 0.6) is 28.7 Å². The van der Waals surface area contributed by atoms with Crippen LogP contribution in [0.2, 0.25) is 0 Å². The summed E-state index contributed by atoms with van der Waals surface area (Å²) < 4.78 is 27.5. The quantitative estimate of drug-likeness (QED) is 0.180. The number of hydrogen-bond acceptors (Lipinski definition) is 9. The minimum Gasteiger partial charge on any atom is -0.497 e. The Balaban J connectivity index is 1.37. The number of thioether (sulfide) groups is 2. The molecule has 1 aliphatic heterocycles. The molecular formula is C33H42N2O6S2. The highest BCUT2D eigenvalue weighted by molar-refractivity contribution is 8.18. The van der Waals surface area contributed by atoms with Gasteiger partial charge in [0.15, 0.2) is 15.6 Å². The Labute approximate surface area is 264 Å². The molecule has 0 radical (unpaired) electrons. The fraction of sp³-hybridized carbons (Fsp3) is 0.424. The fourth-order valence-electron chi connectivity index (χ4n) is 5.15. The number of anilines is 1. The van der Waals surface area contributed by atoms with Crippen molar-refractivity contribution in [1.29, 1.82) is 0 Å². The molecule has 1 unspecified atom stereocenters. The molecule has 0 spiro atoms. The summed E-state index contributed by atoms with van der Waals surface area (Å²) in [7, 11) is 10.5. The molecule has 0 saturated carbocycles. The molecule has 0 N–H and O–H groups in total. The van der Waals surface area contributed by atoms with E-state index in [4.69, 9.17) is 23.7 Å². The number of amides is 1. The second-order valence-corrected chi connectivity index (χ2v) is 12.8. The van der Waals surface area contributed by atoms with Crippen LogP contribution in [-0.2, 0) is 15.3 Å². The fourth-order valence-corrected chi connectivity index (χ4v) is 7.71. The number of ether oxygens (including phenoxy) is 5. The van der Waals surface area contributed by atoms with Crippen molar-refractivity contribution in [2.24, 2.45) is 0 Å². The Morgan fingerprint density at radius 2 is 1.60 bits per heavy atom. The van der Waals surface area contributed by atoms with Gasteiger partial charge in [0.1, 0.15) is 11.5 Å². The highest BCUT2D eigenvalue weighted by atomic mass is 32.2. The number of fused-ring (bicyclic) bond motifs is 1. The number of rotatable bonds is 15. The van der Waals surface area contributed by atoms with Crippen LogP contribution in [0.15, 0.2) is 59.5 Å². The number of benzene rings is 3. The molecule has 1 amide bonds. The van der Waals surface area contributed by atoms with E-state index in [2.05, 4.69) is 18.0 Å². The van der Waals surface area contributed by atoms with E-state index in [1.54, 1.807) is 45.1 Å². The SMILES string of the molecule is COc1ccc(OCCCCN(C)CCc2cc(OC)c(OC)c(OC)c2)c(C2(SC)Sc3ccccc3N(C)C2=O)c1. The molecule has 3 aromatic rings. The van der Waals surface area contributed by atoms with Gasteiger partial charge in [-0.3, -0.25) is 4.79 Å². The molecule has 0 bridgehead atoms. The maximum absolute atomic E-state index is 13.9. The zero-order valence-corrected chi connectivity index (χ0v) is 27.7. The minimum atomic E-state index is -0.889. The van der Waals surface area contributed by atoms with Crippen LogP contribution in [0.1, 0.15) is 24.0 Å². The normalized spacial score (nSPS) is 16.2. The molecular weight excluding hydrogens is 585 g/mol. The van der Waals surface area contributed by atoms with Crippen LogP contribution in [0.3, 0.4) is 0 Å². The van der Waals surface area contributed by atoms with Gasteiger partial charge in [-0.15, -0.1) is 11.8 Å². The van der Waals surface area contributed by atoms with Crippen molar-refractivity contribution >= 4 is 35.1 Å². The van der Waals surface area contributed by atoms with Gasteiger partial charge in [0.05, 0.1) is 40.7 Å². The van der Waals surface area contributed by atoms with Crippen molar-refractivity contribution in [1.82, 2.24) is 4.90 Å². The van der Waals surface area contributed by atoms with E-state index in [9.17, 15) is 4.79 Å². The Morgan fingerprint density at radius 1 is 0.884 bits per heavy atom. The van der Waals surface area contributed by atoms with Gasteiger partial charge in [0.25, 0.3) is 5.91 Å². The topological polar surface area (TPSA) is 69.7 Å². The Hall–Kier alpha value is -3.21. The van der Waals surface area contributed by atoms with Crippen molar-refractivity contribution in [3.05, 3.63) is 65.7 Å². The van der Waals surface area contributed by atoms with Gasteiger partial charge < -0.3 is 33.5 Å². The number of methoxy groups -OCH3 is 4. The lowest BCUT2D eigenvalue weighted by Gasteiger charge is -2.40. The number of hydrogen-bond donors (Lipinski definition) is 0. The summed E-state index contributed by atoms with van der Waals surface area (Å²) in [5.41, 5.74) is 2.86. The molecule has 0 aliphatic carbocycles. The van der Waals surface area contributed by atoms with Gasteiger partial charge in [-0.05, 0) is 87.1 Å². The van der Waals surface area contributed by atoms with Crippen molar-refractivity contribution < 1.29 is 28.5 Å². The number of carbonyl (C=O) groups is 1. The minimum absolute atomic E-state index is 0.00975. The van der Waals surface area contributed by atoms with Gasteiger partial charge >= 0.3 is 0 Å². The lowest BCUT2D eigenvalue weighted by atomic mass is 10.1. The van der Waals surface area contributed by atoms with Gasteiger partial charge in [0.2, 0.25) is 5.75 Å². The third-order valence-electron chi connectivity index (χ3n) is 7.59. The van der Waals surface area contributed by atoms with Crippen molar-refractivity contribution in [3.63, 3.8) is 0 Å². The molecule has 3 aromatic carbocycles. The molecule has 232 valence electrons. The maximum Gasteiger partial charge on any atom is 0.258 e. The first-order chi connectivity index (χ1) is 20.8. The first-order valence-corrected chi connectivity index (χ1v) is 16.3.